The molecule has 25 heavy (non-hydrogen) atoms. The Bertz CT molecular complexity index is 704. The number of hydrogen-bond acceptors (Lipinski definition) is 6. The number of nitrogens with one attached hydrogen (secondary N) is 1. The van der Waals surface area contributed by atoms with E-state index in [1.54, 1.807) is 0 Å². The lowest BCUT2D eigenvalue weighted by Crippen LogP contribution is -2.26. The zero-order chi connectivity index (χ0) is 18.3. The third-order valence-corrected chi connectivity index (χ3v) is 3.51. The minimum atomic E-state index is -2.05. The van der Waals surface area contributed by atoms with Gasteiger partial charge in [0.25, 0.3) is 0 Å². The lowest BCUT2D eigenvalue weighted by molar-refractivity contribution is -0.177. The summed E-state index contributed by atoms with van der Waals surface area (Å²) in [5, 5.41) is 22.6. The predicted octanol–water partition coefficient (Wildman–Crippen LogP) is 2.78. The Balaban J connectivity index is 2.05. The molecule has 0 saturated heterocycles. The number of aliphatic hydroxyl groups is 2. The zero-order valence-corrected chi connectivity index (χ0v) is 14.2. The van der Waals surface area contributed by atoms with Gasteiger partial charge in [-0.3, -0.25) is 5.32 Å². The molecule has 0 spiro atoms. The van der Waals surface area contributed by atoms with Crippen LogP contribution in [0.1, 0.15) is 31.0 Å². The van der Waals surface area contributed by atoms with Crippen molar-refractivity contribution < 1.29 is 24.5 Å². The minimum Gasteiger partial charge on any atom is -0.480 e. The summed E-state index contributed by atoms with van der Waals surface area (Å²) in [6.07, 6.45) is 0.0437. The fourth-order valence-corrected chi connectivity index (χ4v) is 2.26. The van der Waals surface area contributed by atoms with E-state index in [0.717, 1.165) is 5.56 Å². The maximum absolute atomic E-state index is 11.9. The molecule has 1 aromatic heterocycles. The first-order valence-electron chi connectivity index (χ1n) is 7.94. The second-order valence-electron chi connectivity index (χ2n) is 5.51. The van der Waals surface area contributed by atoms with Crippen molar-refractivity contribution in [2.24, 2.45) is 0 Å². The predicted molar refractivity (Wildman–Crippen MR) is 92.1 cm³/mol. The van der Waals surface area contributed by atoms with E-state index in [2.05, 4.69) is 10.3 Å². The molecule has 0 fully saturated rings. The van der Waals surface area contributed by atoms with Crippen LogP contribution >= 0.6 is 0 Å². The molecule has 0 aliphatic heterocycles. The van der Waals surface area contributed by atoms with E-state index >= 15 is 0 Å². The van der Waals surface area contributed by atoms with Gasteiger partial charge in [0.2, 0.25) is 11.7 Å². The Labute approximate surface area is 146 Å². The first kappa shape index (κ1) is 18.7. The first-order chi connectivity index (χ1) is 12.0. The average Bonchev–Trinajstić information content (AvgIpc) is 2.61. The van der Waals surface area contributed by atoms with E-state index in [1.807, 2.05) is 37.3 Å². The number of anilines is 1. The number of nitrogens with zero attached hydrogens (tertiary/aromatic N) is 1. The van der Waals surface area contributed by atoms with Gasteiger partial charge in [-0.25, -0.2) is 9.78 Å². The van der Waals surface area contributed by atoms with E-state index in [1.165, 1.54) is 19.2 Å². The molecular formula is C18H22N2O5. The normalized spacial score (nSPS) is 11.0. The molecule has 3 N–H and O–H groups in total. The maximum Gasteiger partial charge on any atom is 0.412 e. The monoisotopic (exact) mass is 346 g/mol. The van der Waals surface area contributed by atoms with Crippen LogP contribution in [0, 0.1) is 0 Å². The molecule has 1 heterocycles. The summed E-state index contributed by atoms with van der Waals surface area (Å²) in [4.78, 5) is 16.0. The summed E-state index contributed by atoms with van der Waals surface area (Å²) in [5.41, 5.74) is 1.19. The molecule has 0 aliphatic rings. The highest BCUT2D eigenvalue weighted by atomic mass is 16.5. The van der Waals surface area contributed by atoms with E-state index < -0.39 is 11.9 Å². The third kappa shape index (κ3) is 5.17. The number of methoxy groups -OCH3 is 1. The molecule has 0 bridgehead atoms. The van der Waals surface area contributed by atoms with Crippen molar-refractivity contribution >= 4 is 11.8 Å². The number of benzene rings is 1. The molecule has 7 nitrogen and oxygen atoms in total. The lowest BCUT2D eigenvalue weighted by Gasteiger charge is -2.21. The van der Waals surface area contributed by atoms with E-state index in [9.17, 15) is 15.0 Å². The van der Waals surface area contributed by atoms with Gasteiger partial charge >= 0.3 is 6.09 Å². The van der Waals surface area contributed by atoms with Gasteiger partial charge < -0.3 is 19.7 Å². The zero-order valence-electron chi connectivity index (χ0n) is 14.2. The Morgan fingerprint density at radius 2 is 1.92 bits per heavy atom. The largest absolute Gasteiger partial charge is 0.480 e. The number of carbonyl (C=O) groups is 1. The standard InChI is InChI=1S/C18H22N2O5/c1-3-11-18(22,23)15-10-9-14(16(20-15)24-2)19-17(21)25-12-13-7-5-4-6-8-13/h4-10,22-23H,3,11-12H2,1-2H3,(H,19,21). The average molecular weight is 346 g/mol. The Kier molecular flexibility index (Phi) is 6.32. The molecule has 1 aromatic carbocycles. The van der Waals surface area contributed by atoms with Gasteiger partial charge in [0.05, 0.1) is 7.11 Å². The summed E-state index contributed by atoms with van der Waals surface area (Å²) < 4.78 is 10.3. The van der Waals surface area contributed by atoms with Crippen LogP contribution in [-0.4, -0.2) is 28.4 Å². The molecular weight excluding hydrogens is 324 g/mol. The van der Waals surface area contributed by atoms with Crippen LogP contribution in [-0.2, 0) is 17.1 Å². The minimum absolute atomic E-state index is 0.0504. The highest BCUT2D eigenvalue weighted by Crippen LogP contribution is 2.28. The molecule has 134 valence electrons. The number of rotatable bonds is 7. The summed E-state index contributed by atoms with van der Waals surface area (Å²) in [6.45, 7) is 1.96. The quantitative estimate of drug-likeness (QED) is 0.667. The highest BCUT2D eigenvalue weighted by molar-refractivity contribution is 5.86. The van der Waals surface area contributed by atoms with Gasteiger partial charge in [-0.15, -0.1) is 0 Å². The molecule has 0 saturated carbocycles. The van der Waals surface area contributed by atoms with Crippen molar-refractivity contribution in [1.82, 2.24) is 4.98 Å². The molecule has 2 rings (SSSR count). The van der Waals surface area contributed by atoms with Crippen LogP contribution in [0.4, 0.5) is 10.5 Å². The summed E-state index contributed by atoms with van der Waals surface area (Å²) >= 11 is 0. The SMILES string of the molecule is CCCC(O)(O)c1ccc(NC(=O)OCc2ccccc2)c(OC)n1. The summed E-state index contributed by atoms with van der Waals surface area (Å²) in [7, 11) is 1.38. The molecule has 0 aliphatic carbocycles. The van der Waals surface area contributed by atoms with E-state index in [0.29, 0.717) is 6.42 Å². The van der Waals surface area contributed by atoms with Crippen molar-refractivity contribution in [2.75, 3.05) is 12.4 Å². The third-order valence-electron chi connectivity index (χ3n) is 3.51. The van der Waals surface area contributed by atoms with Crippen molar-refractivity contribution in [3.8, 4) is 5.88 Å². The maximum atomic E-state index is 11.9. The molecule has 0 radical (unpaired) electrons. The van der Waals surface area contributed by atoms with Crippen LogP contribution in [0.3, 0.4) is 0 Å². The Hall–Kier alpha value is -2.64. The lowest BCUT2D eigenvalue weighted by atomic mass is 10.1. The van der Waals surface area contributed by atoms with Crippen molar-refractivity contribution in [2.45, 2.75) is 32.2 Å². The van der Waals surface area contributed by atoms with Gasteiger partial charge in [-0.2, -0.15) is 0 Å². The van der Waals surface area contributed by atoms with E-state index in [-0.39, 0.29) is 30.3 Å². The Morgan fingerprint density at radius 3 is 2.56 bits per heavy atom. The topological polar surface area (TPSA) is 101 Å². The van der Waals surface area contributed by atoms with Gasteiger partial charge in [-0.1, -0.05) is 43.7 Å². The Morgan fingerprint density at radius 1 is 1.20 bits per heavy atom. The van der Waals surface area contributed by atoms with Crippen molar-refractivity contribution in [3.63, 3.8) is 0 Å². The second kappa shape index (κ2) is 8.46. The summed E-state index contributed by atoms with van der Waals surface area (Å²) in [6, 6.07) is 12.2. The van der Waals surface area contributed by atoms with Crippen LogP contribution in [0.15, 0.2) is 42.5 Å². The smallest absolute Gasteiger partial charge is 0.412 e. The van der Waals surface area contributed by atoms with Crippen LogP contribution in [0.5, 0.6) is 5.88 Å². The van der Waals surface area contributed by atoms with Crippen molar-refractivity contribution in [3.05, 3.63) is 53.7 Å². The molecule has 2 aromatic rings. The fourth-order valence-electron chi connectivity index (χ4n) is 2.26. The molecule has 1 amide bonds. The summed E-state index contributed by atoms with van der Waals surface area (Å²) in [5.74, 6) is -1.98. The van der Waals surface area contributed by atoms with Gasteiger partial charge in [-0.05, 0) is 17.7 Å². The number of amides is 1. The number of pyridine rings is 1. The van der Waals surface area contributed by atoms with Gasteiger partial charge in [0.1, 0.15) is 18.0 Å². The van der Waals surface area contributed by atoms with Crippen LogP contribution in [0.25, 0.3) is 0 Å². The van der Waals surface area contributed by atoms with Gasteiger partial charge in [0.15, 0.2) is 0 Å². The molecule has 0 atom stereocenters. The second-order valence-corrected chi connectivity index (χ2v) is 5.51. The number of hydrogen-bond donors (Lipinski definition) is 3. The first-order valence-corrected chi connectivity index (χ1v) is 7.94. The molecule has 7 heteroatoms. The van der Waals surface area contributed by atoms with Crippen LogP contribution < -0.4 is 10.1 Å². The van der Waals surface area contributed by atoms with Gasteiger partial charge in [0, 0.05) is 6.42 Å². The number of ether oxygens (including phenoxy) is 2. The fraction of sp³-hybridized carbons (Fsp3) is 0.333. The number of carbonyl (C=O) groups excluding carboxylic acids is 1. The molecule has 0 unspecified atom stereocenters. The highest BCUT2D eigenvalue weighted by Gasteiger charge is 2.27. The van der Waals surface area contributed by atoms with E-state index in [4.69, 9.17) is 9.47 Å². The number of aromatic nitrogens is 1. The van der Waals surface area contributed by atoms with Crippen LogP contribution in [0.2, 0.25) is 0 Å². The van der Waals surface area contributed by atoms with Crippen molar-refractivity contribution in [1.29, 1.82) is 0 Å².